The van der Waals surface area contributed by atoms with Gasteiger partial charge in [-0.1, -0.05) is 59.1 Å². The van der Waals surface area contributed by atoms with Gasteiger partial charge in [0.25, 0.3) is 0 Å². The number of fused-ring (bicyclic) bond motifs is 5. The Balaban J connectivity index is 1.35. The Hall–Kier alpha value is -1.46. The van der Waals surface area contributed by atoms with Crippen LogP contribution >= 0.6 is 0 Å². The number of aromatic amines is 1. The number of hydrogen-bond donors (Lipinski definition) is 1. The lowest BCUT2D eigenvalue weighted by molar-refractivity contribution is -0.213. The molecule has 0 saturated heterocycles. The molecule has 4 saturated carbocycles. The van der Waals surface area contributed by atoms with Crippen LogP contribution in [0.3, 0.4) is 0 Å². The fourth-order valence-electron chi connectivity index (χ4n) is 10.7. The van der Waals surface area contributed by atoms with E-state index in [1.165, 1.54) is 57.8 Å². The number of hydrogen-bond acceptors (Lipinski definition) is 5. The first kappa shape index (κ1) is 27.1. The molecule has 4 aliphatic carbocycles. The zero-order valence-electron chi connectivity index (χ0n) is 24.3. The van der Waals surface area contributed by atoms with E-state index in [0.717, 1.165) is 42.8 Å². The number of esters is 1. The summed E-state index contributed by atoms with van der Waals surface area (Å²) in [5.41, 5.74) is 0.783. The summed E-state index contributed by atoms with van der Waals surface area (Å²) in [6.07, 6.45) is 15.2. The van der Waals surface area contributed by atoms with E-state index < -0.39 is 0 Å². The number of unbranched alkanes of at least 4 members (excludes halogenated alkanes) is 1. The van der Waals surface area contributed by atoms with Gasteiger partial charge in [0.1, 0.15) is 6.10 Å². The molecule has 5 rings (SSSR count). The number of rotatable bonds is 8. The first-order valence-corrected chi connectivity index (χ1v) is 15.6. The minimum atomic E-state index is -0.0635. The second-order valence-electron chi connectivity index (χ2n) is 14.2. The van der Waals surface area contributed by atoms with Gasteiger partial charge in [-0.05, 0) is 104 Å². The Labute approximate surface area is 224 Å². The molecule has 0 bridgehead atoms. The van der Waals surface area contributed by atoms with E-state index in [0.29, 0.717) is 40.4 Å². The minimum Gasteiger partial charge on any atom is -0.462 e. The third-order valence-corrected chi connectivity index (χ3v) is 12.4. The molecule has 0 aromatic carbocycles. The average molecular weight is 513 g/mol. The van der Waals surface area contributed by atoms with Crippen molar-refractivity contribution in [3.63, 3.8) is 0 Å². The van der Waals surface area contributed by atoms with Crippen LogP contribution in [0.1, 0.15) is 118 Å². The summed E-state index contributed by atoms with van der Waals surface area (Å²) in [5.74, 6) is 6.23. The van der Waals surface area contributed by atoms with Crippen molar-refractivity contribution < 1.29 is 9.53 Å². The van der Waals surface area contributed by atoms with E-state index in [1.54, 1.807) is 6.92 Å². The highest BCUT2D eigenvalue weighted by Gasteiger charge is 2.65. The molecule has 11 atom stereocenters. The van der Waals surface area contributed by atoms with E-state index in [4.69, 9.17) is 4.74 Å². The molecular formula is C31H52N4O2. The fourth-order valence-corrected chi connectivity index (χ4v) is 10.7. The van der Waals surface area contributed by atoms with Gasteiger partial charge in [-0.15, -0.1) is 10.2 Å². The van der Waals surface area contributed by atoms with Gasteiger partial charge >= 0.3 is 5.97 Å². The molecule has 0 unspecified atom stereocenters. The largest absolute Gasteiger partial charge is 0.462 e. The van der Waals surface area contributed by atoms with Crippen LogP contribution in [-0.2, 0) is 16.0 Å². The molecule has 6 nitrogen and oxygen atoms in total. The Morgan fingerprint density at radius 1 is 1.08 bits per heavy atom. The van der Waals surface area contributed by atoms with Gasteiger partial charge < -0.3 is 4.74 Å². The molecule has 6 heteroatoms. The van der Waals surface area contributed by atoms with Gasteiger partial charge in [-0.25, -0.2) is 0 Å². The third-order valence-electron chi connectivity index (χ3n) is 12.4. The highest BCUT2D eigenvalue weighted by Crippen LogP contribution is 2.70. The van der Waals surface area contributed by atoms with Crippen LogP contribution in [0.4, 0.5) is 0 Å². The fraction of sp³-hybridized carbons (Fsp3) is 0.935. The van der Waals surface area contributed by atoms with Crippen molar-refractivity contribution in [3.05, 3.63) is 5.82 Å². The molecule has 1 aromatic heterocycles. The number of tetrazole rings is 1. The maximum atomic E-state index is 12.5. The molecule has 1 heterocycles. The number of carbonyl (C=O) groups is 1. The summed E-state index contributed by atoms with van der Waals surface area (Å²) in [5, 5.41) is 14.5. The van der Waals surface area contributed by atoms with Gasteiger partial charge in [0, 0.05) is 19.3 Å². The molecule has 0 aliphatic heterocycles. The highest BCUT2D eigenvalue weighted by molar-refractivity contribution is 5.66. The smallest absolute Gasteiger partial charge is 0.302 e. The SMILES string of the molecule is CC[C@H]1[C@@H](OC(C)=O)[C@@H]2[C@H](CC[C@]3(C)[C@@H]([C@H](C)CCCCc4nn[nH]n4)CC[C@@H]23)[C@@]2(C)CC[C@@H](C)C[C@@H]12. The lowest BCUT2D eigenvalue weighted by atomic mass is 9.41. The number of carbonyl (C=O) groups excluding carboxylic acids is 1. The summed E-state index contributed by atoms with van der Waals surface area (Å²) in [7, 11) is 0. The summed E-state index contributed by atoms with van der Waals surface area (Å²) in [6.45, 7) is 14.2. The van der Waals surface area contributed by atoms with Gasteiger partial charge in [0.05, 0.1) is 0 Å². The number of aromatic nitrogens is 4. The lowest BCUT2D eigenvalue weighted by Crippen LogP contribution is -2.62. The quantitative estimate of drug-likeness (QED) is 0.299. The standard InChI is InChI=1S/C31H52N4O2/c1-7-22-26-18-19(2)14-16-31(26,6)25-15-17-30(5)23(12-13-24(30)28(25)29(22)37-21(4)36)20(3)10-8-9-11-27-32-34-35-33-27/h19-20,22-26,28-29H,7-18H2,1-6H3,(H,32,33,34,35)/t19-,20-,22-,23-,24+,25+,26+,28+,29-,30-,31-/m1/s1. The zero-order chi connectivity index (χ0) is 26.4. The van der Waals surface area contributed by atoms with Gasteiger partial charge in [-0.3, -0.25) is 4.79 Å². The van der Waals surface area contributed by atoms with Gasteiger partial charge in [-0.2, -0.15) is 5.21 Å². The maximum absolute atomic E-state index is 12.5. The Morgan fingerprint density at radius 3 is 2.54 bits per heavy atom. The summed E-state index contributed by atoms with van der Waals surface area (Å²) >= 11 is 0. The molecule has 1 aromatic rings. The van der Waals surface area contributed by atoms with Crippen LogP contribution < -0.4 is 0 Å². The second kappa shape index (κ2) is 10.6. The van der Waals surface area contributed by atoms with Crippen molar-refractivity contribution in [2.45, 2.75) is 125 Å². The zero-order valence-corrected chi connectivity index (χ0v) is 24.3. The van der Waals surface area contributed by atoms with Crippen molar-refractivity contribution in [2.24, 2.45) is 58.2 Å². The molecule has 0 amide bonds. The highest BCUT2D eigenvalue weighted by atomic mass is 16.5. The molecule has 0 spiro atoms. The van der Waals surface area contributed by atoms with Crippen LogP contribution in [0.15, 0.2) is 0 Å². The van der Waals surface area contributed by atoms with Crippen LogP contribution in [-0.4, -0.2) is 32.7 Å². The molecule has 4 fully saturated rings. The van der Waals surface area contributed by atoms with Crippen molar-refractivity contribution in [3.8, 4) is 0 Å². The van der Waals surface area contributed by atoms with E-state index in [9.17, 15) is 4.79 Å². The summed E-state index contributed by atoms with van der Waals surface area (Å²) in [6, 6.07) is 0. The van der Waals surface area contributed by atoms with Crippen LogP contribution in [0, 0.1) is 58.2 Å². The predicted molar refractivity (Wildman–Crippen MR) is 145 cm³/mol. The second-order valence-corrected chi connectivity index (χ2v) is 14.2. The van der Waals surface area contributed by atoms with Crippen molar-refractivity contribution in [2.75, 3.05) is 0 Å². The maximum Gasteiger partial charge on any atom is 0.302 e. The third kappa shape index (κ3) is 4.77. The van der Waals surface area contributed by atoms with Crippen molar-refractivity contribution in [1.29, 1.82) is 0 Å². The summed E-state index contributed by atoms with van der Waals surface area (Å²) in [4.78, 5) is 12.5. The molecule has 208 valence electrons. The lowest BCUT2D eigenvalue weighted by Gasteiger charge is -2.65. The minimum absolute atomic E-state index is 0.0635. The van der Waals surface area contributed by atoms with E-state index >= 15 is 0 Å². The number of H-pyrrole nitrogens is 1. The first-order chi connectivity index (χ1) is 17.7. The van der Waals surface area contributed by atoms with Crippen LogP contribution in [0.2, 0.25) is 0 Å². The molecule has 37 heavy (non-hydrogen) atoms. The normalized spacial score (nSPS) is 43.9. The monoisotopic (exact) mass is 512 g/mol. The Kier molecular flexibility index (Phi) is 7.77. The number of aryl methyl sites for hydroxylation is 1. The predicted octanol–water partition coefficient (Wildman–Crippen LogP) is 7.02. The topological polar surface area (TPSA) is 80.8 Å². The molecule has 1 N–H and O–H groups in total. The number of nitrogens with zero attached hydrogens (tertiary/aromatic N) is 3. The van der Waals surface area contributed by atoms with E-state index in [1.807, 2.05) is 0 Å². The molecule has 4 aliphatic rings. The average Bonchev–Trinajstić information content (AvgIpc) is 3.50. The Bertz CT molecular complexity index is 920. The van der Waals surface area contributed by atoms with Crippen molar-refractivity contribution in [1.82, 2.24) is 20.6 Å². The van der Waals surface area contributed by atoms with Crippen LogP contribution in [0.25, 0.3) is 0 Å². The van der Waals surface area contributed by atoms with E-state index in [-0.39, 0.29) is 12.1 Å². The Morgan fingerprint density at radius 2 is 1.84 bits per heavy atom. The molecule has 0 radical (unpaired) electrons. The number of nitrogens with one attached hydrogen (secondary N) is 1. The van der Waals surface area contributed by atoms with Gasteiger partial charge in [0.15, 0.2) is 5.82 Å². The van der Waals surface area contributed by atoms with Gasteiger partial charge in [0.2, 0.25) is 0 Å². The van der Waals surface area contributed by atoms with E-state index in [2.05, 4.69) is 55.2 Å². The summed E-state index contributed by atoms with van der Waals surface area (Å²) < 4.78 is 6.40. The van der Waals surface area contributed by atoms with Crippen LogP contribution in [0.5, 0.6) is 0 Å². The molecular weight excluding hydrogens is 460 g/mol. The first-order valence-electron chi connectivity index (χ1n) is 15.6. The number of ether oxygens (including phenoxy) is 1. The van der Waals surface area contributed by atoms with Crippen molar-refractivity contribution >= 4 is 5.97 Å².